The lowest BCUT2D eigenvalue weighted by molar-refractivity contribution is -0.0360. The number of halogens is 2. The lowest BCUT2D eigenvalue weighted by Gasteiger charge is -2.30. The van der Waals surface area contributed by atoms with Crippen LogP contribution in [0, 0.1) is 6.92 Å². The fraction of sp³-hybridized carbons (Fsp3) is 0.450. The van der Waals surface area contributed by atoms with Crippen molar-refractivity contribution in [3.63, 3.8) is 0 Å². The van der Waals surface area contributed by atoms with Crippen molar-refractivity contribution in [2.45, 2.75) is 49.5 Å². The van der Waals surface area contributed by atoms with Crippen molar-refractivity contribution in [1.29, 1.82) is 0 Å². The minimum atomic E-state index is -2.53. The predicted molar refractivity (Wildman–Crippen MR) is 104 cm³/mol. The number of aromatic nitrogens is 1. The quantitative estimate of drug-likeness (QED) is 0.754. The highest BCUT2D eigenvalue weighted by atomic mass is 32.2. The predicted octanol–water partition coefficient (Wildman–Crippen LogP) is 5.07. The van der Waals surface area contributed by atoms with Gasteiger partial charge in [-0.3, -0.25) is 4.79 Å². The van der Waals surface area contributed by atoms with E-state index in [1.54, 1.807) is 30.3 Å². The Hall–Kier alpha value is -1.82. The van der Waals surface area contributed by atoms with Gasteiger partial charge < -0.3 is 9.88 Å². The first-order valence-corrected chi connectivity index (χ1v) is 10.0. The highest BCUT2D eigenvalue weighted by Gasteiger charge is 2.35. The van der Waals surface area contributed by atoms with Gasteiger partial charge in [0.2, 0.25) is 5.92 Å². The van der Waals surface area contributed by atoms with Gasteiger partial charge in [0, 0.05) is 59.4 Å². The van der Waals surface area contributed by atoms with Crippen molar-refractivity contribution in [1.82, 2.24) is 4.57 Å². The molecule has 1 aromatic heterocycles. The molecule has 2 aromatic rings. The molecule has 1 aliphatic rings. The van der Waals surface area contributed by atoms with Gasteiger partial charge in [0.15, 0.2) is 0 Å². The first kappa shape index (κ1) is 19.0. The number of benzene rings is 1. The van der Waals surface area contributed by atoms with E-state index in [4.69, 9.17) is 0 Å². The highest BCUT2D eigenvalue weighted by molar-refractivity contribution is 7.98. The summed E-state index contributed by atoms with van der Waals surface area (Å²) in [5, 5.41) is 3.46. The second-order valence-electron chi connectivity index (χ2n) is 7.01. The van der Waals surface area contributed by atoms with Gasteiger partial charge in [-0.15, -0.1) is 11.8 Å². The Bertz CT molecular complexity index is 827. The minimum Gasteiger partial charge on any atom is -0.382 e. The highest BCUT2D eigenvalue weighted by Crippen LogP contribution is 2.37. The van der Waals surface area contributed by atoms with Crippen LogP contribution in [0.4, 0.5) is 14.5 Å². The number of alkyl halides is 2. The van der Waals surface area contributed by atoms with Gasteiger partial charge in [-0.25, -0.2) is 8.78 Å². The Morgan fingerprint density at radius 1 is 1.23 bits per heavy atom. The van der Waals surface area contributed by atoms with Crippen molar-refractivity contribution in [3.05, 3.63) is 46.4 Å². The van der Waals surface area contributed by atoms with Crippen molar-refractivity contribution >= 4 is 17.4 Å². The van der Waals surface area contributed by atoms with E-state index in [2.05, 4.69) is 11.4 Å². The summed E-state index contributed by atoms with van der Waals surface area (Å²) in [6.45, 7) is 1.81. The maximum absolute atomic E-state index is 13.4. The third kappa shape index (κ3) is 4.11. The number of thioether (sulfide) groups is 1. The van der Waals surface area contributed by atoms with Crippen LogP contribution < -0.4 is 10.9 Å². The minimum absolute atomic E-state index is 0.0150. The third-order valence-corrected chi connectivity index (χ3v) is 5.70. The number of pyridine rings is 1. The smallest absolute Gasteiger partial charge is 0.253 e. The Balaban J connectivity index is 1.95. The van der Waals surface area contributed by atoms with Gasteiger partial charge in [-0.2, -0.15) is 0 Å². The van der Waals surface area contributed by atoms with E-state index in [0.29, 0.717) is 18.4 Å². The Morgan fingerprint density at radius 3 is 2.54 bits per heavy atom. The van der Waals surface area contributed by atoms with E-state index in [9.17, 15) is 13.6 Å². The summed E-state index contributed by atoms with van der Waals surface area (Å²) in [6.07, 6.45) is 4.63. The van der Waals surface area contributed by atoms with Gasteiger partial charge in [0.05, 0.1) is 0 Å². The summed E-state index contributed by atoms with van der Waals surface area (Å²) in [6, 6.07) is 8.06. The van der Waals surface area contributed by atoms with Gasteiger partial charge >= 0.3 is 0 Å². The number of aryl methyl sites for hydroxylation is 2. The molecule has 0 spiro atoms. The van der Waals surface area contributed by atoms with E-state index < -0.39 is 5.92 Å². The zero-order valence-electron chi connectivity index (χ0n) is 15.3. The summed E-state index contributed by atoms with van der Waals surface area (Å²) in [5.41, 5.74) is 3.54. The zero-order valence-corrected chi connectivity index (χ0v) is 16.1. The topological polar surface area (TPSA) is 34.0 Å². The summed E-state index contributed by atoms with van der Waals surface area (Å²) in [7, 11) is 1.74. The molecule has 3 nitrogen and oxygen atoms in total. The van der Waals surface area contributed by atoms with Gasteiger partial charge in [0.25, 0.3) is 5.56 Å². The average Bonchev–Trinajstić information content (AvgIpc) is 2.61. The lowest BCUT2D eigenvalue weighted by Crippen LogP contribution is -2.32. The van der Waals surface area contributed by atoms with Gasteiger partial charge in [0.1, 0.15) is 0 Å². The van der Waals surface area contributed by atoms with Gasteiger partial charge in [-0.05, 0) is 50.3 Å². The molecule has 1 fully saturated rings. The average molecular weight is 378 g/mol. The molecule has 1 saturated carbocycles. The number of nitrogens with one attached hydrogen (secondary N) is 1. The van der Waals surface area contributed by atoms with E-state index in [1.165, 1.54) is 0 Å². The van der Waals surface area contributed by atoms with Gasteiger partial charge in [-0.1, -0.05) is 0 Å². The zero-order chi connectivity index (χ0) is 18.9. The Kier molecular flexibility index (Phi) is 5.42. The molecule has 1 aliphatic carbocycles. The van der Waals surface area contributed by atoms with E-state index >= 15 is 0 Å². The van der Waals surface area contributed by atoms with E-state index in [-0.39, 0.29) is 24.4 Å². The number of hydrogen-bond donors (Lipinski definition) is 1. The van der Waals surface area contributed by atoms with Crippen LogP contribution in [0.15, 0.2) is 40.2 Å². The standard InChI is InChI=1S/C20H24F2N2OS/c1-13-10-14(12-24(2)19(13)25)17-11-16(26-3)4-5-18(17)23-15-6-8-20(21,22)9-7-15/h4-5,10-12,15,23H,6-9H2,1-3H3. The Morgan fingerprint density at radius 2 is 1.92 bits per heavy atom. The number of anilines is 1. The second kappa shape index (κ2) is 7.43. The summed E-state index contributed by atoms with van der Waals surface area (Å²) in [4.78, 5) is 13.1. The second-order valence-corrected chi connectivity index (χ2v) is 7.89. The molecular weight excluding hydrogens is 354 g/mol. The Labute approximate surface area is 156 Å². The molecule has 1 heterocycles. The molecule has 1 N–H and O–H groups in total. The van der Waals surface area contributed by atoms with E-state index in [0.717, 1.165) is 21.7 Å². The number of rotatable bonds is 4. The molecule has 0 atom stereocenters. The first-order chi connectivity index (χ1) is 12.3. The van der Waals surface area contributed by atoms with Crippen LogP contribution >= 0.6 is 11.8 Å². The SMILES string of the molecule is CSc1ccc(NC2CCC(F)(F)CC2)c(-c2cc(C)c(=O)n(C)c2)c1. The normalized spacial score (nSPS) is 17.3. The van der Waals surface area contributed by atoms with Crippen LogP contribution in [0.2, 0.25) is 0 Å². The fourth-order valence-corrected chi connectivity index (χ4v) is 3.88. The molecule has 0 unspecified atom stereocenters. The molecule has 0 aliphatic heterocycles. The van der Waals surface area contributed by atoms with Crippen molar-refractivity contribution in [3.8, 4) is 11.1 Å². The van der Waals surface area contributed by atoms with Crippen molar-refractivity contribution in [2.24, 2.45) is 7.05 Å². The van der Waals surface area contributed by atoms with Crippen LogP contribution in [0.5, 0.6) is 0 Å². The number of nitrogens with zero attached hydrogens (tertiary/aromatic N) is 1. The van der Waals surface area contributed by atoms with Crippen LogP contribution in [-0.4, -0.2) is 22.8 Å². The molecule has 1 aromatic carbocycles. The monoisotopic (exact) mass is 378 g/mol. The van der Waals surface area contributed by atoms with Crippen LogP contribution in [0.3, 0.4) is 0 Å². The van der Waals surface area contributed by atoms with E-state index in [1.807, 2.05) is 30.7 Å². The summed E-state index contributed by atoms with van der Waals surface area (Å²) in [5.74, 6) is -2.53. The molecule has 26 heavy (non-hydrogen) atoms. The number of hydrogen-bond acceptors (Lipinski definition) is 3. The molecular formula is C20H24F2N2OS. The lowest BCUT2D eigenvalue weighted by atomic mass is 9.91. The molecule has 0 radical (unpaired) electrons. The molecule has 0 amide bonds. The van der Waals surface area contributed by atoms with Crippen LogP contribution in [0.1, 0.15) is 31.2 Å². The van der Waals surface area contributed by atoms with Crippen LogP contribution in [-0.2, 0) is 7.05 Å². The molecule has 3 rings (SSSR count). The van der Waals surface area contributed by atoms with Crippen molar-refractivity contribution < 1.29 is 8.78 Å². The molecule has 6 heteroatoms. The maximum Gasteiger partial charge on any atom is 0.253 e. The van der Waals surface area contributed by atoms with Crippen molar-refractivity contribution in [2.75, 3.05) is 11.6 Å². The van der Waals surface area contributed by atoms with Crippen LogP contribution in [0.25, 0.3) is 11.1 Å². The maximum atomic E-state index is 13.4. The third-order valence-electron chi connectivity index (χ3n) is 4.98. The summed E-state index contributed by atoms with van der Waals surface area (Å²) >= 11 is 1.65. The molecule has 140 valence electrons. The fourth-order valence-electron chi connectivity index (χ4n) is 3.44. The largest absolute Gasteiger partial charge is 0.382 e. The molecule has 0 bridgehead atoms. The first-order valence-electron chi connectivity index (χ1n) is 8.79. The summed E-state index contributed by atoms with van der Waals surface area (Å²) < 4.78 is 28.4. The molecule has 0 saturated heterocycles.